The van der Waals surface area contributed by atoms with Gasteiger partial charge in [0.05, 0.1) is 13.2 Å². The standard InChI is InChI=1S/C14H27NO2/c16-12-8-6-4-2-1-3-5-7-9-15-10-13-17-14-11-15/h12H,1-11,13-14H2. The molecule has 0 aromatic carbocycles. The van der Waals surface area contributed by atoms with Crippen molar-refractivity contribution in [2.24, 2.45) is 0 Å². The van der Waals surface area contributed by atoms with E-state index >= 15 is 0 Å². The first kappa shape index (κ1) is 14.7. The molecular weight excluding hydrogens is 214 g/mol. The topological polar surface area (TPSA) is 29.5 Å². The maximum Gasteiger partial charge on any atom is 0.119 e. The van der Waals surface area contributed by atoms with Gasteiger partial charge in [-0.15, -0.1) is 0 Å². The van der Waals surface area contributed by atoms with Crippen LogP contribution in [0.3, 0.4) is 0 Å². The highest BCUT2D eigenvalue weighted by molar-refractivity contribution is 5.48. The number of carbonyl (C=O) groups excluding carboxylic acids is 1. The van der Waals surface area contributed by atoms with E-state index < -0.39 is 0 Å². The molecule has 1 aliphatic rings. The Morgan fingerprint density at radius 3 is 2.12 bits per heavy atom. The van der Waals surface area contributed by atoms with Gasteiger partial charge in [0.25, 0.3) is 0 Å². The van der Waals surface area contributed by atoms with Crippen molar-refractivity contribution in [3.05, 3.63) is 0 Å². The van der Waals surface area contributed by atoms with Crippen LogP contribution >= 0.6 is 0 Å². The minimum absolute atomic E-state index is 0.747. The highest BCUT2D eigenvalue weighted by Gasteiger charge is 2.08. The highest BCUT2D eigenvalue weighted by atomic mass is 16.5. The van der Waals surface area contributed by atoms with E-state index in [1.165, 1.54) is 45.1 Å². The fourth-order valence-electron chi connectivity index (χ4n) is 2.27. The van der Waals surface area contributed by atoms with Gasteiger partial charge in [-0.05, 0) is 19.4 Å². The lowest BCUT2D eigenvalue weighted by Crippen LogP contribution is -2.36. The molecule has 0 amide bonds. The lowest BCUT2D eigenvalue weighted by molar-refractivity contribution is -0.107. The Morgan fingerprint density at radius 1 is 0.882 bits per heavy atom. The maximum absolute atomic E-state index is 10.1. The van der Waals surface area contributed by atoms with E-state index in [1.807, 2.05) is 0 Å². The predicted molar refractivity (Wildman–Crippen MR) is 70.3 cm³/mol. The molecule has 17 heavy (non-hydrogen) atoms. The number of hydrogen-bond donors (Lipinski definition) is 0. The molecule has 0 aromatic heterocycles. The van der Waals surface area contributed by atoms with E-state index in [0.29, 0.717) is 0 Å². The van der Waals surface area contributed by atoms with E-state index in [4.69, 9.17) is 4.74 Å². The fraction of sp³-hybridized carbons (Fsp3) is 0.929. The Hall–Kier alpha value is -0.410. The number of nitrogens with zero attached hydrogens (tertiary/aromatic N) is 1. The lowest BCUT2D eigenvalue weighted by Gasteiger charge is -2.26. The molecule has 1 rings (SSSR count). The van der Waals surface area contributed by atoms with E-state index in [-0.39, 0.29) is 0 Å². The van der Waals surface area contributed by atoms with Crippen molar-refractivity contribution >= 4 is 6.29 Å². The SMILES string of the molecule is O=CCCCCCCCCCN1CCOCC1. The van der Waals surface area contributed by atoms with Gasteiger partial charge in [0.2, 0.25) is 0 Å². The number of aldehydes is 1. The largest absolute Gasteiger partial charge is 0.379 e. The van der Waals surface area contributed by atoms with Crippen molar-refractivity contribution in [1.29, 1.82) is 0 Å². The Balaban J connectivity index is 1.76. The van der Waals surface area contributed by atoms with Crippen molar-refractivity contribution in [2.75, 3.05) is 32.8 Å². The number of carbonyl (C=O) groups is 1. The summed E-state index contributed by atoms with van der Waals surface area (Å²) in [5, 5.41) is 0. The van der Waals surface area contributed by atoms with Crippen LogP contribution in [0, 0.1) is 0 Å². The normalized spacial score (nSPS) is 17.2. The van der Waals surface area contributed by atoms with Crippen LogP contribution in [0.15, 0.2) is 0 Å². The summed E-state index contributed by atoms with van der Waals surface area (Å²) in [7, 11) is 0. The van der Waals surface area contributed by atoms with E-state index in [2.05, 4.69) is 4.90 Å². The molecule has 0 N–H and O–H groups in total. The Kier molecular flexibility index (Phi) is 9.24. The molecule has 0 atom stereocenters. The van der Waals surface area contributed by atoms with Gasteiger partial charge in [-0.3, -0.25) is 4.90 Å². The zero-order valence-electron chi connectivity index (χ0n) is 11.0. The molecule has 1 heterocycles. The highest BCUT2D eigenvalue weighted by Crippen LogP contribution is 2.09. The number of morpholine rings is 1. The molecule has 0 spiro atoms. The zero-order valence-corrected chi connectivity index (χ0v) is 11.0. The van der Waals surface area contributed by atoms with Gasteiger partial charge >= 0.3 is 0 Å². The van der Waals surface area contributed by atoms with Crippen molar-refractivity contribution in [3.63, 3.8) is 0 Å². The number of rotatable bonds is 10. The summed E-state index contributed by atoms with van der Waals surface area (Å²) in [6.07, 6.45) is 10.7. The van der Waals surface area contributed by atoms with Crippen LogP contribution in [0.1, 0.15) is 51.4 Å². The minimum Gasteiger partial charge on any atom is -0.379 e. The van der Waals surface area contributed by atoms with Crippen LogP contribution in [-0.2, 0) is 9.53 Å². The second-order valence-corrected chi connectivity index (χ2v) is 4.88. The van der Waals surface area contributed by atoms with Gasteiger partial charge < -0.3 is 9.53 Å². The zero-order chi connectivity index (χ0) is 12.2. The van der Waals surface area contributed by atoms with Crippen molar-refractivity contribution in [3.8, 4) is 0 Å². The first-order chi connectivity index (χ1) is 8.43. The maximum atomic E-state index is 10.1. The third-order valence-corrected chi connectivity index (χ3v) is 3.40. The van der Waals surface area contributed by atoms with Crippen LogP contribution in [0.5, 0.6) is 0 Å². The second kappa shape index (κ2) is 10.7. The van der Waals surface area contributed by atoms with Crippen molar-refractivity contribution < 1.29 is 9.53 Å². The number of unbranched alkanes of at least 4 members (excludes halogenated alkanes) is 7. The van der Waals surface area contributed by atoms with Gasteiger partial charge in [0, 0.05) is 19.5 Å². The Morgan fingerprint density at radius 2 is 1.47 bits per heavy atom. The summed E-state index contributed by atoms with van der Waals surface area (Å²) in [5.74, 6) is 0. The number of ether oxygens (including phenoxy) is 1. The quantitative estimate of drug-likeness (QED) is 0.435. The molecule has 3 nitrogen and oxygen atoms in total. The van der Waals surface area contributed by atoms with E-state index in [0.717, 1.165) is 45.4 Å². The van der Waals surface area contributed by atoms with Crippen LogP contribution in [0.2, 0.25) is 0 Å². The molecule has 100 valence electrons. The molecular formula is C14H27NO2. The van der Waals surface area contributed by atoms with Gasteiger partial charge in [0.15, 0.2) is 0 Å². The van der Waals surface area contributed by atoms with Gasteiger partial charge in [0.1, 0.15) is 6.29 Å². The van der Waals surface area contributed by atoms with Crippen molar-refractivity contribution in [2.45, 2.75) is 51.4 Å². The molecule has 1 fully saturated rings. The van der Waals surface area contributed by atoms with Crippen LogP contribution in [0.25, 0.3) is 0 Å². The summed E-state index contributed by atoms with van der Waals surface area (Å²) >= 11 is 0. The summed E-state index contributed by atoms with van der Waals surface area (Å²) in [6.45, 7) is 5.30. The van der Waals surface area contributed by atoms with Gasteiger partial charge in [-0.1, -0.05) is 32.1 Å². The molecule has 1 aliphatic heterocycles. The molecule has 0 radical (unpaired) electrons. The van der Waals surface area contributed by atoms with Crippen LogP contribution in [-0.4, -0.2) is 44.0 Å². The average molecular weight is 241 g/mol. The molecule has 0 saturated carbocycles. The minimum atomic E-state index is 0.747. The predicted octanol–water partition coefficient (Wildman–Crippen LogP) is 2.64. The molecule has 0 aliphatic carbocycles. The molecule has 1 saturated heterocycles. The summed E-state index contributed by atoms with van der Waals surface area (Å²) in [4.78, 5) is 12.6. The molecule has 0 bridgehead atoms. The van der Waals surface area contributed by atoms with Gasteiger partial charge in [-0.25, -0.2) is 0 Å². The first-order valence-corrected chi connectivity index (χ1v) is 7.17. The van der Waals surface area contributed by atoms with Gasteiger partial charge in [-0.2, -0.15) is 0 Å². The molecule has 0 aromatic rings. The van der Waals surface area contributed by atoms with E-state index in [9.17, 15) is 4.79 Å². The third kappa shape index (κ3) is 8.33. The summed E-state index contributed by atoms with van der Waals surface area (Å²) < 4.78 is 5.32. The average Bonchev–Trinajstić information content (AvgIpc) is 2.38. The second-order valence-electron chi connectivity index (χ2n) is 4.88. The summed E-state index contributed by atoms with van der Waals surface area (Å²) in [5.41, 5.74) is 0. The smallest absolute Gasteiger partial charge is 0.119 e. The monoisotopic (exact) mass is 241 g/mol. The van der Waals surface area contributed by atoms with Crippen LogP contribution < -0.4 is 0 Å². The lowest BCUT2D eigenvalue weighted by atomic mass is 10.1. The van der Waals surface area contributed by atoms with Crippen LogP contribution in [0.4, 0.5) is 0 Å². The fourth-order valence-corrected chi connectivity index (χ4v) is 2.27. The molecule has 3 heteroatoms. The summed E-state index contributed by atoms with van der Waals surface area (Å²) in [6, 6.07) is 0. The Bertz CT molecular complexity index is 179. The third-order valence-electron chi connectivity index (χ3n) is 3.40. The van der Waals surface area contributed by atoms with E-state index in [1.54, 1.807) is 0 Å². The Labute approximate surface area is 106 Å². The number of hydrogen-bond acceptors (Lipinski definition) is 3. The first-order valence-electron chi connectivity index (χ1n) is 7.17. The van der Waals surface area contributed by atoms with Crippen molar-refractivity contribution in [1.82, 2.24) is 4.90 Å². The molecule has 0 unspecified atom stereocenters.